The van der Waals surface area contributed by atoms with Crippen LogP contribution in [0.5, 0.6) is 5.75 Å². The van der Waals surface area contributed by atoms with E-state index in [4.69, 9.17) is 4.74 Å². The highest BCUT2D eigenvalue weighted by atomic mass is 19.1. The molecule has 1 aliphatic heterocycles. The van der Waals surface area contributed by atoms with Gasteiger partial charge in [-0.1, -0.05) is 37.3 Å². The number of nitrogens with one attached hydrogen (secondary N) is 1. The molecule has 4 rings (SSSR count). The van der Waals surface area contributed by atoms with Crippen molar-refractivity contribution in [1.29, 1.82) is 0 Å². The molecule has 0 fully saturated rings. The lowest BCUT2D eigenvalue weighted by Gasteiger charge is -2.19. The molecule has 0 atom stereocenters. The quantitative estimate of drug-likeness (QED) is 0.480. The molecule has 5 nitrogen and oxygen atoms in total. The highest BCUT2D eigenvalue weighted by Gasteiger charge is 2.41. The monoisotopic (exact) mass is 444 g/mol. The van der Waals surface area contributed by atoms with E-state index in [1.807, 2.05) is 39.0 Å². The third-order valence-corrected chi connectivity index (χ3v) is 5.56. The number of nitrogens with zero attached hydrogens (tertiary/aromatic N) is 1. The van der Waals surface area contributed by atoms with Gasteiger partial charge in [-0.25, -0.2) is 9.29 Å². The van der Waals surface area contributed by atoms with Crippen molar-refractivity contribution >= 4 is 28.8 Å². The topological polar surface area (TPSA) is 58.6 Å². The number of aryl methyl sites for hydroxylation is 2. The molecular formula is C27H25FN2O3. The SMILES string of the molecule is CCCOc1ccccc1N1C(=O)C(Nc2ccc(F)cc2)=C(c2ccc(C)c(C)c2)C1=O. The Hall–Kier alpha value is -3.93. The molecule has 0 saturated carbocycles. The van der Waals surface area contributed by atoms with Crippen LogP contribution in [0.15, 0.2) is 72.4 Å². The number of hydrogen-bond acceptors (Lipinski definition) is 4. The van der Waals surface area contributed by atoms with Gasteiger partial charge < -0.3 is 10.1 Å². The van der Waals surface area contributed by atoms with Gasteiger partial charge in [0, 0.05) is 5.69 Å². The molecule has 0 unspecified atom stereocenters. The number of benzene rings is 3. The first-order valence-electron chi connectivity index (χ1n) is 10.9. The summed E-state index contributed by atoms with van der Waals surface area (Å²) in [6, 6.07) is 18.3. The second kappa shape index (κ2) is 9.28. The zero-order chi connectivity index (χ0) is 23.5. The van der Waals surface area contributed by atoms with Crippen molar-refractivity contribution in [2.24, 2.45) is 0 Å². The molecule has 3 aromatic rings. The fraction of sp³-hybridized carbons (Fsp3) is 0.185. The highest BCUT2D eigenvalue weighted by molar-refractivity contribution is 6.46. The fourth-order valence-corrected chi connectivity index (χ4v) is 3.68. The molecule has 1 heterocycles. The Labute approximate surface area is 192 Å². The maximum absolute atomic E-state index is 13.7. The Morgan fingerprint density at radius 2 is 1.64 bits per heavy atom. The standard InChI is InChI=1S/C27H25FN2O3/c1-4-15-33-23-8-6-5-7-22(23)30-26(31)24(19-10-9-17(2)18(3)16-19)25(27(30)32)29-21-13-11-20(28)12-14-21/h5-14,16,29H,4,15H2,1-3H3. The Morgan fingerprint density at radius 1 is 0.909 bits per heavy atom. The number of imide groups is 1. The Bertz CT molecular complexity index is 1250. The van der Waals surface area contributed by atoms with E-state index in [0.717, 1.165) is 22.4 Å². The molecule has 3 aromatic carbocycles. The second-order valence-electron chi connectivity index (χ2n) is 7.94. The minimum atomic E-state index is -0.495. The summed E-state index contributed by atoms with van der Waals surface area (Å²) in [5, 5.41) is 3.05. The summed E-state index contributed by atoms with van der Waals surface area (Å²) in [7, 11) is 0. The van der Waals surface area contributed by atoms with Crippen LogP contribution in [0.2, 0.25) is 0 Å². The summed E-state index contributed by atoms with van der Waals surface area (Å²) in [6.45, 7) is 6.39. The number of para-hydroxylation sites is 2. The molecule has 0 spiro atoms. The number of anilines is 2. The number of carbonyl (C=O) groups excluding carboxylic acids is 2. The molecule has 0 saturated heterocycles. The number of amides is 2. The maximum atomic E-state index is 13.7. The van der Waals surface area contributed by atoms with Crippen molar-refractivity contribution in [3.8, 4) is 5.75 Å². The first-order chi connectivity index (χ1) is 15.9. The summed E-state index contributed by atoms with van der Waals surface area (Å²) in [6.07, 6.45) is 0.791. The number of carbonyl (C=O) groups is 2. The van der Waals surface area contributed by atoms with E-state index in [1.165, 1.54) is 24.3 Å². The average molecular weight is 445 g/mol. The van der Waals surface area contributed by atoms with Gasteiger partial charge in [0.15, 0.2) is 0 Å². The predicted octanol–water partition coefficient (Wildman–Crippen LogP) is 5.63. The van der Waals surface area contributed by atoms with Gasteiger partial charge in [0.05, 0.1) is 17.9 Å². The Morgan fingerprint density at radius 3 is 2.33 bits per heavy atom. The zero-order valence-corrected chi connectivity index (χ0v) is 18.8. The van der Waals surface area contributed by atoms with Crippen LogP contribution in [0.3, 0.4) is 0 Å². The van der Waals surface area contributed by atoms with Gasteiger partial charge in [-0.2, -0.15) is 0 Å². The Balaban J connectivity index is 1.82. The van der Waals surface area contributed by atoms with E-state index in [0.29, 0.717) is 29.3 Å². The summed E-state index contributed by atoms with van der Waals surface area (Å²) in [5.74, 6) is -0.865. The van der Waals surface area contributed by atoms with E-state index in [9.17, 15) is 14.0 Å². The van der Waals surface area contributed by atoms with Gasteiger partial charge in [-0.3, -0.25) is 9.59 Å². The number of hydrogen-bond donors (Lipinski definition) is 1. The summed E-state index contributed by atoms with van der Waals surface area (Å²) in [4.78, 5) is 28.4. The van der Waals surface area contributed by atoms with Gasteiger partial charge in [0.1, 0.15) is 17.3 Å². The second-order valence-corrected chi connectivity index (χ2v) is 7.94. The average Bonchev–Trinajstić information content (AvgIpc) is 3.05. The van der Waals surface area contributed by atoms with E-state index in [2.05, 4.69) is 5.32 Å². The first kappa shape index (κ1) is 22.3. The molecule has 2 amide bonds. The van der Waals surface area contributed by atoms with Gasteiger partial charge in [0.2, 0.25) is 0 Å². The van der Waals surface area contributed by atoms with Crippen LogP contribution in [0.1, 0.15) is 30.0 Å². The molecule has 168 valence electrons. The molecule has 0 radical (unpaired) electrons. The van der Waals surface area contributed by atoms with Crippen molar-refractivity contribution < 1.29 is 18.7 Å². The van der Waals surface area contributed by atoms with E-state index < -0.39 is 11.8 Å². The van der Waals surface area contributed by atoms with Crippen molar-refractivity contribution in [2.45, 2.75) is 27.2 Å². The summed E-state index contributed by atoms with van der Waals surface area (Å²) >= 11 is 0. The lowest BCUT2D eigenvalue weighted by atomic mass is 9.99. The van der Waals surface area contributed by atoms with Crippen LogP contribution in [0, 0.1) is 19.7 Å². The number of halogens is 1. The molecule has 0 bridgehead atoms. The van der Waals surface area contributed by atoms with Crippen LogP contribution in [-0.4, -0.2) is 18.4 Å². The molecule has 0 aromatic heterocycles. The third kappa shape index (κ3) is 4.37. The van der Waals surface area contributed by atoms with Crippen molar-refractivity contribution in [3.05, 3.63) is 94.9 Å². The van der Waals surface area contributed by atoms with E-state index in [1.54, 1.807) is 24.3 Å². The number of rotatable bonds is 7. The largest absolute Gasteiger partial charge is 0.491 e. The lowest BCUT2D eigenvalue weighted by molar-refractivity contribution is -0.120. The molecule has 6 heteroatoms. The third-order valence-electron chi connectivity index (χ3n) is 5.56. The smallest absolute Gasteiger partial charge is 0.282 e. The molecule has 1 N–H and O–H groups in total. The van der Waals surface area contributed by atoms with Crippen LogP contribution >= 0.6 is 0 Å². The van der Waals surface area contributed by atoms with Gasteiger partial charge in [-0.05, 0) is 73.4 Å². The first-order valence-corrected chi connectivity index (χ1v) is 10.9. The van der Waals surface area contributed by atoms with Crippen molar-refractivity contribution in [2.75, 3.05) is 16.8 Å². The normalized spacial score (nSPS) is 13.6. The van der Waals surface area contributed by atoms with E-state index in [-0.39, 0.29) is 17.1 Å². The van der Waals surface area contributed by atoms with Gasteiger partial charge in [-0.15, -0.1) is 0 Å². The van der Waals surface area contributed by atoms with Crippen LogP contribution in [-0.2, 0) is 9.59 Å². The van der Waals surface area contributed by atoms with Crippen LogP contribution in [0.4, 0.5) is 15.8 Å². The molecule has 0 aliphatic carbocycles. The Kier molecular flexibility index (Phi) is 6.27. The highest BCUT2D eigenvalue weighted by Crippen LogP contribution is 2.38. The van der Waals surface area contributed by atoms with Gasteiger partial charge >= 0.3 is 0 Å². The summed E-state index contributed by atoms with van der Waals surface area (Å²) in [5.41, 5.74) is 4.02. The van der Waals surface area contributed by atoms with Crippen molar-refractivity contribution in [1.82, 2.24) is 0 Å². The molecule has 33 heavy (non-hydrogen) atoms. The van der Waals surface area contributed by atoms with E-state index >= 15 is 0 Å². The molecular weight excluding hydrogens is 419 g/mol. The zero-order valence-electron chi connectivity index (χ0n) is 18.8. The minimum Gasteiger partial charge on any atom is -0.491 e. The minimum absolute atomic E-state index is 0.139. The predicted molar refractivity (Wildman–Crippen MR) is 128 cm³/mol. The summed E-state index contributed by atoms with van der Waals surface area (Å²) < 4.78 is 19.2. The maximum Gasteiger partial charge on any atom is 0.282 e. The lowest BCUT2D eigenvalue weighted by Crippen LogP contribution is -2.32. The van der Waals surface area contributed by atoms with Gasteiger partial charge in [0.25, 0.3) is 11.8 Å². The van der Waals surface area contributed by atoms with Crippen LogP contribution < -0.4 is 15.0 Å². The molecule has 1 aliphatic rings. The fourth-order valence-electron chi connectivity index (χ4n) is 3.68. The van der Waals surface area contributed by atoms with Crippen molar-refractivity contribution in [3.63, 3.8) is 0 Å². The van der Waals surface area contributed by atoms with Crippen LogP contribution in [0.25, 0.3) is 5.57 Å². The number of ether oxygens (including phenoxy) is 1.